The van der Waals surface area contributed by atoms with Crippen LogP contribution in [0.4, 0.5) is 0 Å². The molecule has 6 nitrogen and oxygen atoms in total. The van der Waals surface area contributed by atoms with Crippen LogP contribution < -0.4 is 0 Å². The molecule has 1 spiro atoms. The Balaban J connectivity index is 1.48. The minimum absolute atomic E-state index is 0.0463. The maximum Gasteiger partial charge on any atom is 0.309 e. The summed E-state index contributed by atoms with van der Waals surface area (Å²) in [5.74, 6) is -1.69. The van der Waals surface area contributed by atoms with Gasteiger partial charge in [-0.2, -0.15) is 0 Å². The number of likely N-dealkylation sites (tertiary alicyclic amines) is 2. The van der Waals surface area contributed by atoms with E-state index in [0.29, 0.717) is 32.4 Å². The molecule has 0 aromatic heterocycles. The molecule has 2 heterocycles. The topological polar surface area (TPSA) is 77.9 Å². The van der Waals surface area contributed by atoms with Crippen LogP contribution in [0.5, 0.6) is 0 Å². The number of piperidine rings is 1. The lowest BCUT2D eigenvalue weighted by Gasteiger charge is -2.45. The van der Waals surface area contributed by atoms with Gasteiger partial charge in [0.2, 0.25) is 11.8 Å². The van der Waals surface area contributed by atoms with Crippen molar-refractivity contribution in [3.63, 3.8) is 0 Å². The fraction of sp³-hybridized carbons (Fsp3) is 0.409. The Morgan fingerprint density at radius 3 is 2.50 bits per heavy atom. The van der Waals surface area contributed by atoms with Gasteiger partial charge in [-0.1, -0.05) is 42.5 Å². The zero-order chi connectivity index (χ0) is 19.9. The van der Waals surface area contributed by atoms with Crippen LogP contribution in [-0.2, 0) is 20.8 Å². The second-order valence-corrected chi connectivity index (χ2v) is 7.85. The van der Waals surface area contributed by atoms with E-state index in [0.717, 1.165) is 16.3 Å². The molecule has 1 atom stereocenters. The molecule has 1 unspecified atom stereocenters. The Hall–Kier alpha value is -2.89. The zero-order valence-electron chi connectivity index (χ0n) is 15.9. The molecule has 2 aliphatic heterocycles. The summed E-state index contributed by atoms with van der Waals surface area (Å²) < 4.78 is 0. The van der Waals surface area contributed by atoms with Crippen molar-refractivity contribution in [3.05, 3.63) is 48.0 Å². The van der Waals surface area contributed by atoms with E-state index in [-0.39, 0.29) is 18.2 Å². The van der Waals surface area contributed by atoms with Crippen molar-refractivity contribution < 1.29 is 19.5 Å². The second-order valence-electron chi connectivity index (χ2n) is 7.85. The summed E-state index contributed by atoms with van der Waals surface area (Å²) in [5, 5.41) is 11.8. The van der Waals surface area contributed by atoms with Gasteiger partial charge in [0.15, 0.2) is 0 Å². The van der Waals surface area contributed by atoms with E-state index >= 15 is 0 Å². The number of aliphatic carboxylic acids is 1. The highest BCUT2D eigenvalue weighted by Crippen LogP contribution is 2.42. The van der Waals surface area contributed by atoms with Gasteiger partial charge in [0, 0.05) is 26.6 Å². The molecule has 0 aliphatic carbocycles. The summed E-state index contributed by atoms with van der Waals surface area (Å²) in [6, 6.07) is 14.0. The number of hydrogen-bond donors (Lipinski definition) is 1. The molecular weight excluding hydrogens is 356 g/mol. The molecule has 2 aromatic rings. The van der Waals surface area contributed by atoms with Crippen molar-refractivity contribution in [2.75, 3.05) is 20.1 Å². The number of rotatable bonds is 3. The van der Waals surface area contributed by atoms with Gasteiger partial charge in [-0.25, -0.2) is 0 Å². The van der Waals surface area contributed by atoms with Gasteiger partial charge in [-0.15, -0.1) is 0 Å². The maximum atomic E-state index is 12.9. The van der Waals surface area contributed by atoms with Gasteiger partial charge >= 0.3 is 5.97 Å². The predicted molar refractivity (Wildman–Crippen MR) is 105 cm³/mol. The highest BCUT2D eigenvalue weighted by molar-refractivity contribution is 5.91. The number of carbonyl (C=O) groups is 3. The van der Waals surface area contributed by atoms with Gasteiger partial charge in [0.25, 0.3) is 0 Å². The first-order valence-electron chi connectivity index (χ1n) is 9.66. The van der Waals surface area contributed by atoms with E-state index in [9.17, 15) is 19.5 Å². The van der Waals surface area contributed by atoms with Crippen molar-refractivity contribution in [1.82, 2.24) is 9.80 Å². The highest BCUT2D eigenvalue weighted by Gasteiger charge is 2.55. The van der Waals surface area contributed by atoms with Gasteiger partial charge in [0.05, 0.1) is 17.9 Å². The zero-order valence-corrected chi connectivity index (χ0v) is 15.9. The Labute approximate surface area is 163 Å². The van der Waals surface area contributed by atoms with Crippen LogP contribution in [0, 0.1) is 5.92 Å². The van der Waals surface area contributed by atoms with Crippen LogP contribution in [0.1, 0.15) is 24.8 Å². The number of fused-ring (bicyclic) bond motifs is 1. The van der Waals surface area contributed by atoms with Crippen molar-refractivity contribution >= 4 is 28.6 Å². The number of benzene rings is 2. The molecule has 0 bridgehead atoms. The van der Waals surface area contributed by atoms with Gasteiger partial charge in [0.1, 0.15) is 0 Å². The number of amides is 2. The second kappa shape index (κ2) is 6.93. The SMILES string of the molecule is CN1C(=O)CC(C(=O)O)C12CCN(C(=O)Cc1cccc3ccccc13)CC2. The van der Waals surface area contributed by atoms with E-state index in [1.165, 1.54) is 0 Å². The molecule has 146 valence electrons. The van der Waals surface area contributed by atoms with Crippen LogP contribution >= 0.6 is 0 Å². The first kappa shape index (κ1) is 18.5. The molecule has 6 heteroatoms. The van der Waals surface area contributed by atoms with Crippen molar-refractivity contribution in [1.29, 1.82) is 0 Å². The Kier molecular flexibility index (Phi) is 4.57. The monoisotopic (exact) mass is 380 g/mol. The Morgan fingerprint density at radius 2 is 1.79 bits per heavy atom. The molecule has 2 aromatic carbocycles. The molecule has 2 fully saturated rings. The lowest BCUT2D eigenvalue weighted by atomic mass is 9.77. The van der Waals surface area contributed by atoms with Crippen LogP contribution in [0.2, 0.25) is 0 Å². The minimum Gasteiger partial charge on any atom is -0.481 e. The van der Waals surface area contributed by atoms with E-state index in [2.05, 4.69) is 0 Å². The predicted octanol–water partition coefficient (Wildman–Crippen LogP) is 2.31. The number of carboxylic acids is 1. The highest BCUT2D eigenvalue weighted by atomic mass is 16.4. The van der Waals surface area contributed by atoms with E-state index in [4.69, 9.17) is 0 Å². The third-order valence-corrected chi connectivity index (χ3v) is 6.57. The number of nitrogens with zero attached hydrogens (tertiary/aromatic N) is 2. The summed E-state index contributed by atoms with van der Waals surface area (Å²) in [6.07, 6.45) is 1.39. The average Bonchev–Trinajstić information content (AvgIpc) is 2.94. The Bertz CT molecular complexity index is 941. The third-order valence-electron chi connectivity index (χ3n) is 6.57. The van der Waals surface area contributed by atoms with Crippen LogP contribution in [0.25, 0.3) is 10.8 Å². The molecule has 28 heavy (non-hydrogen) atoms. The molecule has 0 radical (unpaired) electrons. The fourth-order valence-corrected chi connectivity index (χ4v) is 4.85. The number of carboxylic acid groups (broad SMARTS) is 1. The van der Waals surface area contributed by atoms with Gasteiger partial charge in [-0.05, 0) is 29.2 Å². The maximum absolute atomic E-state index is 12.9. The summed E-state index contributed by atoms with van der Waals surface area (Å²) in [5.41, 5.74) is 0.332. The Morgan fingerprint density at radius 1 is 1.11 bits per heavy atom. The lowest BCUT2D eigenvalue weighted by Crippen LogP contribution is -2.57. The molecule has 4 rings (SSSR count). The van der Waals surface area contributed by atoms with Crippen LogP contribution in [0.15, 0.2) is 42.5 Å². The number of carbonyl (C=O) groups excluding carboxylic acids is 2. The molecule has 0 saturated carbocycles. The molecule has 2 saturated heterocycles. The van der Waals surface area contributed by atoms with E-state index < -0.39 is 17.4 Å². The normalized spacial score (nSPS) is 21.5. The first-order chi connectivity index (χ1) is 13.4. The summed E-state index contributed by atoms with van der Waals surface area (Å²) in [4.78, 5) is 40.1. The van der Waals surface area contributed by atoms with Gasteiger partial charge < -0.3 is 14.9 Å². The van der Waals surface area contributed by atoms with Crippen molar-refractivity contribution in [2.24, 2.45) is 5.92 Å². The van der Waals surface area contributed by atoms with E-state index in [1.54, 1.807) is 11.9 Å². The minimum atomic E-state index is -0.923. The molecular formula is C22H24N2O4. The largest absolute Gasteiger partial charge is 0.481 e. The lowest BCUT2D eigenvalue weighted by molar-refractivity contribution is -0.146. The summed E-state index contributed by atoms with van der Waals surface area (Å²) in [6.45, 7) is 0.954. The summed E-state index contributed by atoms with van der Waals surface area (Å²) >= 11 is 0. The van der Waals surface area contributed by atoms with Crippen LogP contribution in [0.3, 0.4) is 0 Å². The first-order valence-corrected chi connectivity index (χ1v) is 9.66. The van der Waals surface area contributed by atoms with Crippen LogP contribution in [-0.4, -0.2) is 58.4 Å². The third kappa shape index (κ3) is 2.93. The quantitative estimate of drug-likeness (QED) is 0.886. The van der Waals surface area contributed by atoms with Crippen molar-refractivity contribution in [3.8, 4) is 0 Å². The van der Waals surface area contributed by atoms with Crippen molar-refractivity contribution in [2.45, 2.75) is 31.2 Å². The van der Waals surface area contributed by atoms with Gasteiger partial charge in [-0.3, -0.25) is 14.4 Å². The average molecular weight is 380 g/mol. The molecule has 2 amide bonds. The standard InChI is InChI=1S/C22H24N2O4/c1-23-19(25)14-18(21(27)28)22(23)9-11-24(12-10-22)20(26)13-16-7-4-6-15-5-2-3-8-17(15)16/h2-8,18H,9-14H2,1H3,(H,27,28). The summed E-state index contributed by atoms with van der Waals surface area (Å²) in [7, 11) is 1.69. The molecule has 1 N–H and O–H groups in total. The number of hydrogen-bond acceptors (Lipinski definition) is 3. The van der Waals surface area contributed by atoms with E-state index in [1.807, 2.05) is 47.4 Å². The molecule has 2 aliphatic rings. The fourth-order valence-electron chi connectivity index (χ4n) is 4.85. The smallest absolute Gasteiger partial charge is 0.309 e.